The first-order valence-electron chi connectivity index (χ1n) is 5.88. The maximum Gasteiger partial charge on any atom is 0.242 e. The monoisotopic (exact) mass is 290 g/mol. The van der Waals surface area contributed by atoms with Crippen molar-refractivity contribution in [3.8, 4) is 11.6 Å². The Morgan fingerprint density at radius 3 is 2.85 bits per heavy atom. The lowest BCUT2D eigenvalue weighted by atomic mass is 10.2. The van der Waals surface area contributed by atoms with Gasteiger partial charge in [0.1, 0.15) is 17.7 Å². The standard InChI is InChI=1S/C13H11FN4OS/c1-7-5-8(3-4-9(7)14)18-11-10(17-13(18)20)12(19-2)16-6-15-11/h3-6H,1-2H3,(H,17,20). The minimum atomic E-state index is -0.257. The lowest BCUT2D eigenvalue weighted by molar-refractivity contribution is 0.401. The van der Waals surface area contributed by atoms with Crippen LogP contribution in [-0.2, 0) is 0 Å². The topological polar surface area (TPSA) is 55.7 Å². The van der Waals surface area contributed by atoms with Crippen LogP contribution in [0.5, 0.6) is 5.88 Å². The molecule has 2 aromatic heterocycles. The molecule has 0 saturated heterocycles. The number of rotatable bonds is 2. The number of nitrogens with zero attached hydrogens (tertiary/aromatic N) is 3. The molecule has 3 rings (SSSR count). The quantitative estimate of drug-likeness (QED) is 0.737. The summed E-state index contributed by atoms with van der Waals surface area (Å²) < 4.78 is 20.7. The van der Waals surface area contributed by atoms with Crippen LogP contribution < -0.4 is 4.74 Å². The third-order valence-electron chi connectivity index (χ3n) is 3.03. The number of hydrogen-bond donors (Lipinski definition) is 1. The van der Waals surface area contributed by atoms with E-state index in [1.165, 1.54) is 19.5 Å². The fourth-order valence-corrected chi connectivity index (χ4v) is 2.35. The average Bonchev–Trinajstić information content (AvgIpc) is 2.78. The highest BCUT2D eigenvalue weighted by Crippen LogP contribution is 2.24. The minimum Gasteiger partial charge on any atom is -0.479 e. The van der Waals surface area contributed by atoms with Crippen LogP contribution in [0.15, 0.2) is 24.5 Å². The molecule has 0 aliphatic carbocycles. The molecule has 0 saturated carbocycles. The average molecular weight is 290 g/mol. The zero-order chi connectivity index (χ0) is 14.3. The molecule has 0 radical (unpaired) electrons. The molecule has 2 heterocycles. The molecule has 102 valence electrons. The first-order chi connectivity index (χ1) is 9.61. The van der Waals surface area contributed by atoms with Gasteiger partial charge < -0.3 is 9.72 Å². The molecule has 0 aliphatic rings. The van der Waals surface area contributed by atoms with E-state index in [0.717, 1.165) is 5.69 Å². The van der Waals surface area contributed by atoms with E-state index in [4.69, 9.17) is 17.0 Å². The second kappa shape index (κ2) is 4.68. The predicted octanol–water partition coefficient (Wildman–Crippen LogP) is 2.93. The number of hydrogen-bond acceptors (Lipinski definition) is 4. The predicted molar refractivity (Wildman–Crippen MR) is 75.3 cm³/mol. The number of imidazole rings is 1. The van der Waals surface area contributed by atoms with Gasteiger partial charge >= 0.3 is 0 Å². The van der Waals surface area contributed by atoms with Crippen LogP contribution in [0.4, 0.5) is 4.39 Å². The molecule has 0 unspecified atom stereocenters. The van der Waals surface area contributed by atoms with E-state index in [1.807, 2.05) is 0 Å². The third-order valence-corrected chi connectivity index (χ3v) is 3.32. The smallest absolute Gasteiger partial charge is 0.242 e. The fraction of sp³-hybridized carbons (Fsp3) is 0.154. The number of nitrogens with one attached hydrogen (secondary N) is 1. The molecule has 1 N–H and O–H groups in total. The molecule has 1 aromatic carbocycles. The summed E-state index contributed by atoms with van der Waals surface area (Å²) in [6.07, 6.45) is 1.40. The normalized spacial score (nSPS) is 10.9. The second-order valence-electron chi connectivity index (χ2n) is 4.28. The van der Waals surface area contributed by atoms with E-state index >= 15 is 0 Å². The van der Waals surface area contributed by atoms with E-state index in [-0.39, 0.29) is 5.82 Å². The van der Waals surface area contributed by atoms with Crippen molar-refractivity contribution >= 4 is 23.4 Å². The summed E-state index contributed by atoms with van der Waals surface area (Å²) in [5, 5.41) is 0. The van der Waals surface area contributed by atoms with Crippen molar-refractivity contribution in [2.24, 2.45) is 0 Å². The fourth-order valence-electron chi connectivity index (χ4n) is 2.06. The maximum atomic E-state index is 13.4. The van der Waals surface area contributed by atoms with Crippen LogP contribution in [0.2, 0.25) is 0 Å². The lowest BCUT2D eigenvalue weighted by Crippen LogP contribution is -1.98. The van der Waals surface area contributed by atoms with Crippen molar-refractivity contribution in [2.45, 2.75) is 6.92 Å². The highest BCUT2D eigenvalue weighted by Gasteiger charge is 2.13. The lowest BCUT2D eigenvalue weighted by Gasteiger charge is -2.06. The molecule has 0 bridgehead atoms. The van der Waals surface area contributed by atoms with Gasteiger partial charge in [0.25, 0.3) is 0 Å². The highest BCUT2D eigenvalue weighted by atomic mass is 32.1. The van der Waals surface area contributed by atoms with E-state index in [0.29, 0.717) is 27.4 Å². The SMILES string of the molecule is COc1ncnc2c1[nH]c(=S)n2-c1ccc(F)c(C)c1. The number of aromatic amines is 1. The summed E-state index contributed by atoms with van der Waals surface area (Å²) in [5.74, 6) is 0.158. The van der Waals surface area contributed by atoms with Crippen molar-refractivity contribution in [3.63, 3.8) is 0 Å². The number of fused-ring (bicyclic) bond motifs is 1. The Labute approximate surface area is 119 Å². The number of aryl methyl sites for hydroxylation is 1. The van der Waals surface area contributed by atoms with Crippen LogP contribution in [-0.4, -0.2) is 26.6 Å². The number of benzene rings is 1. The van der Waals surface area contributed by atoms with Gasteiger partial charge in [0.2, 0.25) is 5.88 Å². The molecule has 0 spiro atoms. The van der Waals surface area contributed by atoms with E-state index in [2.05, 4.69) is 15.0 Å². The summed E-state index contributed by atoms with van der Waals surface area (Å²) in [7, 11) is 1.53. The second-order valence-corrected chi connectivity index (χ2v) is 4.67. The van der Waals surface area contributed by atoms with Crippen molar-refractivity contribution in [2.75, 3.05) is 7.11 Å². The van der Waals surface area contributed by atoms with Gasteiger partial charge in [-0.3, -0.25) is 4.57 Å². The van der Waals surface area contributed by atoms with Crippen LogP contribution in [0.25, 0.3) is 16.9 Å². The van der Waals surface area contributed by atoms with Crippen LogP contribution in [0.3, 0.4) is 0 Å². The number of aromatic nitrogens is 4. The molecule has 3 aromatic rings. The zero-order valence-electron chi connectivity index (χ0n) is 10.8. The summed E-state index contributed by atoms with van der Waals surface area (Å²) in [5.41, 5.74) is 2.48. The Morgan fingerprint density at radius 2 is 2.15 bits per heavy atom. The Bertz CT molecular complexity index is 855. The minimum absolute atomic E-state index is 0.257. The van der Waals surface area contributed by atoms with Gasteiger partial charge in [-0.25, -0.2) is 9.37 Å². The Hall–Kier alpha value is -2.28. The van der Waals surface area contributed by atoms with Crippen LogP contribution in [0.1, 0.15) is 5.56 Å². The van der Waals surface area contributed by atoms with Crippen LogP contribution in [0, 0.1) is 17.5 Å². The summed E-state index contributed by atoms with van der Waals surface area (Å²) in [6, 6.07) is 4.77. The van der Waals surface area contributed by atoms with E-state index < -0.39 is 0 Å². The van der Waals surface area contributed by atoms with Gasteiger partial charge in [-0.1, -0.05) is 0 Å². The Balaban J connectivity index is 2.33. The first-order valence-corrected chi connectivity index (χ1v) is 6.29. The largest absolute Gasteiger partial charge is 0.479 e. The third kappa shape index (κ3) is 1.87. The van der Waals surface area contributed by atoms with Gasteiger partial charge in [0, 0.05) is 0 Å². The first kappa shape index (κ1) is 12.7. The van der Waals surface area contributed by atoms with Crippen LogP contribution >= 0.6 is 12.2 Å². The van der Waals surface area contributed by atoms with E-state index in [9.17, 15) is 4.39 Å². The zero-order valence-corrected chi connectivity index (χ0v) is 11.7. The molecule has 0 atom stereocenters. The molecule has 20 heavy (non-hydrogen) atoms. The maximum absolute atomic E-state index is 13.4. The highest BCUT2D eigenvalue weighted by molar-refractivity contribution is 7.71. The summed E-state index contributed by atoms with van der Waals surface area (Å²) in [6.45, 7) is 1.70. The molecule has 7 heteroatoms. The van der Waals surface area contributed by atoms with Crippen molar-refractivity contribution in [1.82, 2.24) is 19.5 Å². The van der Waals surface area contributed by atoms with Crippen molar-refractivity contribution in [3.05, 3.63) is 40.7 Å². The van der Waals surface area contributed by atoms with Crippen molar-refractivity contribution in [1.29, 1.82) is 0 Å². The molecular formula is C13H11FN4OS. The number of ether oxygens (including phenoxy) is 1. The van der Waals surface area contributed by atoms with Gasteiger partial charge in [0.05, 0.1) is 12.8 Å². The number of methoxy groups -OCH3 is 1. The van der Waals surface area contributed by atoms with Crippen molar-refractivity contribution < 1.29 is 9.13 Å². The van der Waals surface area contributed by atoms with Gasteiger partial charge in [-0.05, 0) is 42.9 Å². The molecule has 0 fully saturated rings. The Morgan fingerprint density at radius 1 is 1.35 bits per heavy atom. The molecule has 0 amide bonds. The Kier molecular flexibility index (Phi) is 2.98. The molecule has 0 aliphatic heterocycles. The van der Waals surface area contributed by atoms with Gasteiger partial charge in [-0.15, -0.1) is 0 Å². The molecular weight excluding hydrogens is 279 g/mol. The summed E-state index contributed by atoms with van der Waals surface area (Å²) >= 11 is 5.31. The molecule has 5 nitrogen and oxygen atoms in total. The van der Waals surface area contributed by atoms with Gasteiger partial charge in [-0.2, -0.15) is 4.98 Å². The number of halogens is 1. The summed E-state index contributed by atoms with van der Waals surface area (Å²) in [4.78, 5) is 11.3. The number of H-pyrrole nitrogens is 1. The van der Waals surface area contributed by atoms with Gasteiger partial charge in [0.15, 0.2) is 10.4 Å². The van der Waals surface area contributed by atoms with E-state index in [1.54, 1.807) is 23.6 Å².